The first-order valence-corrected chi connectivity index (χ1v) is 8.83. The molecule has 1 aliphatic carbocycles. The quantitative estimate of drug-likeness (QED) is 0.775. The lowest BCUT2D eigenvalue weighted by Crippen LogP contribution is -2.34. The first-order chi connectivity index (χ1) is 12.1. The van der Waals surface area contributed by atoms with Crippen molar-refractivity contribution in [2.75, 3.05) is 18.0 Å². The SMILES string of the molecule is CC(=O)N(CCC(=O)NCCC1=CCCCC1)c1ccccc1C#N. The number of nitrogens with one attached hydrogen (secondary N) is 1. The Hall–Kier alpha value is -2.61. The molecular weight excluding hydrogens is 314 g/mol. The van der Waals surface area contributed by atoms with Crippen molar-refractivity contribution in [2.24, 2.45) is 0 Å². The fourth-order valence-corrected chi connectivity index (χ4v) is 3.05. The molecule has 1 aliphatic rings. The molecule has 0 aliphatic heterocycles. The van der Waals surface area contributed by atoms with Gasteiger partial charge < -0.3 is 10.2 Å². The van der Waals surface area contributed by atoms with Gasteiger partial charge in [-0.15, -0.1) is 0 Å². The second kappa shape index (κ2) is 9.63. The number of amides is 2. The topological polar surface area (TPSA) is 73.2 Å². The Bertz CT molecular complexity index is 688. The highest BCUT2D eigenvalue weighted by atomic mass is 16.2. The molecule has 0 radical (unpaired) electrons. The summed E-state index contributed by atoms with van der Waals surface area (Å²) in [7, 11) is 0. The lowest BCUT2D eigenvalue weighted by Gasteiger charge is -2.22. The Morgan fingerprint density at radius 3 is 2.76 bits per heavy atom. The number of nitriles is 1. The Morgan fingerprint density at radius 1 is 1.28 bits per heavy atom. The van der Waals surface area contributed by atoms with E-state index in [9.17, 15) is 14.9 Å². The smallest absolute Gasteiger partial charge is 0.223 e. The summed E-state index contributed by atoms with van der Waals surface area (Å²) in [4.78, 5) is 25.5. The third-order valence-corrected chi connectivity index (χ3v) is 4.41. The van der Waals surface area contributed by atoms with Gasteiger partial charge in [0.1, 0.15) is 6.07 Å². The first kappa shape index (κ1) is 18.7. The molecule has 1 aromatic carbocycles. The zero-order valence-corrected chi connectivity index (χ0v) is 14.8. The minimum Gasteiger partial charge on any atom is -0.356 e. The molecular formula is C20H25N3O2. The Morgan fingerprint density at radius 2 is 2.08 bits per heavy atom. The van der Waals surface area contributed by atoms with Gasteiger partial charge in [-0.25, -0.2) is 0 Å². The van der Waals surface area contributed by atoms with Crippen molar-refractivity contribution < 1.29 is 9.59 Å². The summed E-state index contributed by atoms with van der Waals surface area (Å²) in [6, 6.07) is 9.03. The van der Waals surface area contributed by atoms with E-state index in [-0.39, 0.29) is 24.8 Å². The number of carbonyl (C=O) groups excluding carboxylic acids is 2. The van der Waals surface area contributed by atoms with Crippen molar-refractivity contribution in [3.63, 3.8) is 0 Å². The fraction of sp³-hybridized carbons (Fsp3) is 0.450. The Balaban J connectivity index is 1.84. The van der Waals surface area contributed by atoms with Crippen molar-refractivity contribution in [2.45, 2.75) is 45.4 Å². The molecule has 0 heterocycles. The van der Waals surface area contributed by atoms with Crippen LogP contribution in [0.15, 0.2) is 35.9 Å². The van der Waals surface area contributed by atoms with E-state index in [1.165, 1.54) is 30.2 Å². The van der Waals surface area contributed by atoms with E-state index < -0.39 is 0 Å². The molecule has 1 N–H and O–H groups in total. The molecule has 0 spiro atoms. The highest BCUT2D eigenvalue weighted by molar-refractivity contribution is 5.93. The average Bonchev–Trinajstić information content (AvgIpc) is 2.63. The molecule has 0 unspecified atom stereocenters. The number of allylic oxidation sites excluding steroid dienone is 1. The number of carbonyl (C=O) groups is 2. The minimum atomic E-state index is -0.178. The number of para-hydroxylation sites is 1. The van der Waals surface area contributed by atoms with Crippen molar-refractivity contribution in [1.82, 2.24) is 5.32 Å². The Kier molecular flexibility index (Phi) is 7.21. The van der Waals surface area contributed by atoms with Gasteiger partial charge >= 0.3 is 0 Å². The summed E-state index contributed by atoms with van der Waals surface area (Å²) in [5, 5.41) is 12.1. The van der Waals surface area contributed by atoms with Gasteiger partial charge in [-0.05, 0) is 44.2 Å². The van der Waals surface area contributed by atoms with Crippen LogP contribution in [0.3, 0.4) is 0 Å². The second-order valence-corrected chi connectivity index (χ2v) is 6.26. The van der Waals surface area contributed by atoms with Gasteiger partial charge in [0.2, 0.25) is 11.8 Å². The van der Waals surface area contributed by atoms with Crippen LogP contribution >= 0.6 is 0 Å². The molecule has 0 saturated carbocycles. The number of rotatable bonds is 7. The Labute approximate surface area is 149 Å². The highest BCUT2D eigenvalue weighted by Gasteiger charge is 2.16. The number of nitrogens with zero attached hydrogens (tertiary/aromatic N) is 2. The molecule has 1 aromatic rings. The van der Waals surface area contributed by atoms with E-state index in [0.29, 0.717) is 17.8 Å². The molecule has 2 amide bonds. The van der Waals surface area contributed by atoms with Crippen molar-refractivity contribution in [1.29, 1.82) is 5.26 Å². The zero-order chi connectivity index (χ0) is 18.1. The molecule has 25 heavy (non-hydrogen) atoms. The van der Waals surface area contributed by atoms with Crippen LogP contribution in [0, 0.1) is 11.3 Å². The van der Waals surface area contributed by atoms with Gasteiger partial charge in [0.15, 0.2) is 0 Å². The van der Waals surface area contributed by atoms with Crippen LogP contribution in [0.5, 0.6) is 0 Å². The highest BCUT2D eigenvalue weighted by Crippen LogP contribution is 2.20. The van der Waals surface area contributed by atoms with E-state index >= 15 is 0 Å². The molecule has 0 bridgehead atoms. The molecule has 132 valence electrons. The van der Waals surface area contributed by atoms with Crippen LogP contribution in [-0.4, -0.2) is 24.9 Å². The minimum absolute atomic E-state index is 0.0721. The molecule has 2 rings (SSSR count). The van der Waals surface area contributed by atoms with Gasteiger partial charge in [-0.1, -0.05) is 23.8 Å². The van der Waals surface area contributed by atoms with E-state index in [2.05, 4.69) is 17.5 Å². The van der Waals surface area contributed by atoms with E-state index in [1.54, 1.807) is 24.3 Å². The van der Waals surface area contributed by atoms with Crippen LogP contribution in [-0.2, 0) is 9.59 Å². The van der Waals surface area contributed by atoms with E-state index in [0.717, 1.165) is 19.3 Å². The molecule has 5 nitrogen and oxygen atoms in total. The molecule has 5 heteroatoms. The maximum absolute atomic E-state index is 12.1. The van der Waals surface area contributed by atoms with Crippen LogP contribution in [0.2, 0.25) is 0 Å². The standard InChI is InChI=1S/C20H25N3O2/c1-16(24)23(19-10-6-5-9-18(19)15-21)14-12-20(25)22-13-11-17-7-3-2-4-8-17/h5-7,9-10H,2-4,8,11-14H2,1H3,(H,22,25). The third-order valence-electron chi connectivity index (χ3n) is 4.41. The molecule has 0 saturated heterocycles. The summed E-state index contributed by atoms with van der Waals surface area (Å²) in [6.45, 7) is 2.35. The predicted molar refractivity (Wildman–Crippen MR) is 98.0 cm³/mol. The molecule has 0 atom stereocenters. The lowest BCUT2D eigenvalue weighted by atomic mass is 9.97. The lowest BCUT2D eigenvalue weighted by molar-refractivity contribution is -0.121. The monoisotopic (exact) mass is 339 g/mol. The normalized spacial score (nSPS) is 13.5. The summed E-state index contributed by atoms with van der Waals surface area (Å²) in [6.07, 6.45) is 8.20. The van der Waals surface area contributed by atoms with Gasteiger partial charge in [0.05, 0.1) is 11.3 Å². The number of benzene rings is 1. The van der Waals surface area contributed by atoms with Gasteiger partial charge in [0, 0.05) is 26.4 Å². The van der Waals surface area contributed by atoms with Crippen LogP contribution in [0.25, 0.3) is 0 Å². The van der Waals surface area contributed by atoms with Crippen LogP contribution in [0.1, 0.15) is 51.0 Å². The van der Waals surface area contributed by atoms with Gasteiger partial charge in [-0.2, -0.15) is 5.26 Å². The first-order valence-electron chi connectivity index (χ1n) is 8.83. The second-order valence-electron chi connectivity index (χ2n) is 6.26. The maximum atomic E-state index is 12.1. The number of hydrogen-bond acceptors (Lipinski definition) is 3. The summed E-state index contributed by atoms with van der Waals surface area (Å²) in [5.74, 6) is -0.250. The van der Waals surface area contributed by atoms with Crippen LogP contribution < -0.4 is 10.2 Å². The fourth-order valence-electron chi connectivity index (χ4n) is 3.05. The predicted octanol–water partition coefficient (Wildman–Crippen LogP) is 3.31. The van der Waals surface area contributed by atoms with Crippen molar-refractivity contribution >= 4 is 17.5 Å². The summed E-state index contributed by atoms with van der Waals surface area (Å²) in [5.41, 5.74) is 2.42. The van der Waals surface area contributed by atoms with Gasteiger partial charge in [0.25, 0.3) is 0 Å². The van der Waals surface area contributed by atoms with E-state index in [1.807, 2.05) is 0 Å². The number of hydrogen-bond donors (Lipinski definition) is 1. The summed E-state index contributed by atoms with van der Waals surface area (Å²) < 4.78 is 0. The average molecular weight is 339 g/mol. The van der Waals surface area contributed by atoms with Crippen molar-refractivity contribution in [3.8, 4) is 6.07 Å². The molecule has 0 aromatic heterocycles. The molecule has 0 fully saturated rings. The summed E-state index contributed by atoms with van der Waals surface area (Å²) >= 11 is 0. The largest absolute Gasteiger partial charge is 0.356 e. The van der Waals surface area contributed by atoms with Crippen molar-refractivity contribution in [3.05, 3.63) is 41.5 Å². The van der Waals surface area contributed by atoms with Gasteiger partial charge in [-0.3, -0.25) is 9.59 Å². The third kappa shape index (κ3) is 5.75. The van der Waals surface area contributed by atoms with E-state index in [4.69, 9.17) is 0 Å². The van der Waals surface area contributed by atoms with Crippen LogP contribution in [0.4, 0.5) is 5.69 Å². The maximum Gasteiger partial charge on any atom is 0.223 e. The zero-order valence-electron chi connectivity index (χ0n) is 14.8. The number of anilines is 1.